The number of phenols is 1. The molecule has 2 amide bonds. The van der Waals surface area contributed by atoms with E-state index in [1.165, 1.54) is 18.2 Å². The second-order valence-corrected chi connectivity index (χ2v) is 4.29. The third-order valence-corrected chi connectivity index (χ3v) is 2.76. The number of carbonyl (C=O) groups excluding carboxylic acids is 1. The molecule has 6 heteroatoms. The molecule has 0 heterocycles. The quantitative estimate of drug-likeness (QED) is 0.610. The van der Waals surface area contributed by atoms with Gasteiger partial charge in [0.15, 0.2) is 5.75 Å². The molecule has 1 aliphatic rings. The van der Waals surface area contributed by atoms with Crippen LogP contribution in [0.3, 0.4) is 0 Å². The third kappa shape index (κ3) is 2.91. The SMILES string of the molecule is O=C(NCC1CC1)Nc1cccc(C(=O)O)c1O. The number of nitrogens with one attached hydrogen (secondary N) is 2. The van der Waals surface area contributed by atoms with Crippen LogP contribution in [0.4, 0.5) is 10.5 Å². The van der Waals surface area contributed by atoms with Crippen LogP contribution in [0, 0.1) is 5.92 Å². The van der Waals surface area contributed by atoms with Gasteiger partial charge in [-0.05, 0) is 30.9 Å². The number of aromatic hydroxyl groups is 1. The molecule has 4 N–H and O–H groups in total. The van der Waals surface area contributed by atoms with Gasteiger partial charge in [-0.2, -0.15) is 0 Å². The van der Waals surface area contributed by atoms with E-state index in [0.717, 1.165) is 12.8 Å². The topological polar surface area (TPSA) is 98.7 Å². The Kier molecular flexibility index (Phi) is 3.36. The molecule has 0 atom stereocenters. The van der Waals surface area contributed by atoms with Crippen LogP contribution in [0.5, 0.6) is 5.75 Å². The van der Waals surface area contributed by atoms with Gasteiger partial charge in [0.05, 0.1) is 5.69 Å². The van der Waals surface area contributed by atoms with E-state index in [4.69, 9.17) is 5.11 Å². The van der Waals surface area contributed by atoms with Gasteiger partial charge in [0.25, 0.3) is 0 Å². The van der Waals surface area contributed by atoms with E-state index in [2.05, 4.69) is 10.6 Å². The molecule has 1 fully saturated rings. The first-order valence-electron chi connectivity index (χ1n) is 5.68. The standard InChI is InChI=1S/C12H14N2O4/c15-10-8(11(16)17)2-1-3-9(10)14-12(18)13-6-7-4-5-7/h1-3,7,15H,4-6H2,(H,16,17)(H2,13,14,18). The molecule has 0 aromatic heterocycles. The van der Waals surface area contributed by atoms with Crippen molar-refractivity contribution < 1.29 is 19.8 Å². The summed E-state index contributed by atoms with van der Waals surface area (Å²) < 4.78 is 0. The fraction of sp³-hybridized carbons (Fsp3) is 0.333. The largest absolute Gasteiger partial charge is 0.505 e. The highest BCUT2D eigenvalue weighted by molar-refractivity contribution is 5.97. The molecule has 6 nitrogen and oxygen atoms in total. The van der Waals surface area contributed by atoms with Gasteiger partial charge < -0.3 is 20.8 Å². The Balaban J connectivity index is 2.01. The first-order chi connectivity index (χ1) is 8.58. The van der Waals surface area contributed by atoms with Gasteiger partial charge in [-0.15, -0.1) is 0 Å². The fourth-order valence-electron chi connectivity index (χ4n) is 1.54. The van der Waals surface area contributed by atoms with Crippen molar-refractivity contribution in [1.29, 1.82) is 0 Å². The normalized spacial score (nSPS) is 14.0. The van der Waals surface area contributed by atoms with E-state index in [1.54, 1.807) is 0 Å². The molecule has 0 bridgehead atoms. The van der Waals surface area contributed by atoms with Gasteiger partial charge >= 0.3 is 12.0 Å². The zero-order valence-corrected chi connectivity index (χ0v) is 9.64. The predicted octanol–water partition coefficient (Wildman–Crippen LogP) is 1.62. The molecule has 1 aromatic carbocycles. The van der Waals surface area contributed by atoms with Crippen molar-refractivity contribution >= 4 is 17.7 Å². The van der Waals surface area contributed by atoms with Crippen LogP contribution >= 0.6 is 0 Å². The number of carboxylic acid groups (broad SMARTS) is 1. The van der Waals surface area contributed by atoms with E-state index >= 15 is 0 Å². The molecule has 1 aliphatic carbocycles. The van der Waals surface area contributed by atoms with Crippen LogP contribution < -0.4 is 10.6 Å². The highest BCUT2D eigenvalue weighted by Crippen LogP contribution is 2.28. The van der Waals surface area contributed by atoms with E-state index in [1.807, 2.05) is 0 Å². The van der Waals surface area contributed by atoms with Gasteiger partial charge in [-0.25, -0.2) is 9.59 Å². The Morgan fingerprint density at radius 1 is 1.33 bits per heavy atom. The molecule has 0 radical (unpaired) electrons. The minimum atomic E-state index is -1.24. The number of urea groups is 1. The maximum absolute atomic E-state index is 11.5. The van der Waals surface area contributed by atoms with Crippen molar-refractivity contribution in [1.82, 2.24) is 5.32 Å². The second-order valence-electron chi connectivity index (χ2n) is 4.29. The lowest BCUT2D eigenvalue weighted by Gasteiger charge is -2.09. The summed E-state index contributed by atoms with van der Waals surface area (Å²) in [4.78, 5) is 22.3. The highest BCUT2D eigenvalue weighted by atomic mass is 16.4. The number of hydrogen-bond donors (Lipinski definition) is 4. The van der Waals surface area contributed by atoms with Gasteiger partial charge in [0.1, 0.15) is 5.56 Å². The summed E-state index contributed by atoms with van der Waals surface area (Å²) in [6.07, 6.45) is 2.25. The van der Waals surface area contributed by atoms with Crippen molar-refractivity contribution in [2.75, 3.05) is 11.9 Å². The predicted molar refractivity (Wildman–Crippen MR) is 64.8 cm³/mol. The number of benzene rings is 1. The monoisotopic (exact) mass is 250 g/mol. The summed E-state index contributed by atoms with van der Waals surface area (Å²) in [6.45, 7) is 0.602. The van der Waals surface area contributed by atoms with Crippen LogP contribution in [0.25, 0.3) is 0 Å². The van der Waals surface area contributed by atoms with Gasteiger partial charge in [-0.3, -0.25) is 0 Å². The number of carboxylic acids is 1. The van der Waals surface area contributed by atoms with Crippen molar-refractivity contribution in [2.45, 2.75) is 12.8 Å². The second kappa shape index (κ2) is 4.95. The minimum Gasteiger partial charge on any atom is -0.505 e. The minimum absolute atomic E-state index is 0.0863. The molecule has 0 spiro atoms. The number of rotatable bonds is 4. The van der Waals surface area contributed by atoms with Crippen LogP contribution in [0.1, 0.15) is 23.2 Å². The Morgan fingerprint density at radius 3 is 2.67 bits per heavy atom. The molecule has 2 rings (SSSR count). The Bertz CT molecular complexity index is 483. The molecule has 1 aromatic rings. The lowest BCUT2D eigenvalue weighted by molar-refractivity contribution is 0.0694. The summed E-state index contributed by atoms with van der Waals surface area (Å²) in [5, 5.41) is 23.6. The van der Waals surface area contributed by atoms with Gasteiger partial charge in [0, 0.05) is 6.54 Å². The first-order valence-corrected chi connectivity index (χ1v) is 5.68. The summed E-state index contributed by atoms with van der Waals surface area (Å²) in [7, 11) is 0. The van der Waals surface area contributed by atoms with E-state index in [9.17, 15) is 14.7 Å². The number of aromatic carboxylic acids is 1. The van der Waals surface area contributed by atoms with Crippen molar-refractivity contribution in [2.24, 2.45) is 5.92 Å². The maximum atomic E-state index is 11.5. The van der Waals surface area contributed by atoms with Crippen LogP contribution in [-0.2, 0) is 0 Å². The number of carbonyl (C=O) groups is 2. The number of anilines is 1. The summed E-state index contributed by atoms with van der Waals surface area (Å²) in [6, 6.07) is 3.73. The lowest BCUT2D eigenvalue weighted by atomic mass is 10.1. The van der Waals surface area contributed by atoms with Crippen LogP contribution in [0.2, 0.25) is 0 Å². The third-order valence-electron chi connectivity index (χ3n) is 2.76. The molecule has 0 aliphatic heterocycles. The molecule has 96 valence electrons. The molecule has 0 saturated heterocycles. The van der Waals surface area contributed by atoms with E-state index < -0.39 is 17.7 Å². The molecule has 1 saturated carbocycles. The lowest BCUT2D eigenvalue weighted by Crippen LogP contribution is -2.30. The average Bonchev–Trinajstić information content (AvgIpc) is 3.13. The highest BCUT2D eigenvalue weighted by Gasteiger charge is 2.22. The Labute approximate surface area is 104 Å². The molecular weight excluding hydrogens is 236 g/mol. The van der Waals surface area contributed by atoms with Crippen LogP contribution in [-0.4, -0.2) is 28.8 Å². The Morgan fingerprint density at radius 2 is 2.06 bits per heavy atom. The molecular formula is C12H14N2O4. The van der Waals surface area contributed by atoms with Crippen molar-refractivity contribution in [3.63, 3.8) is 0 Å². The van der Waals surface area contributed by atoms with E-state index in [0.29, 0.717) is 12.5 Å². The maximum Gasteiger partial charge on any atom is 0.339 e. The zero-order chi connectivity index (χ0) is 13.1. The summed E-state index contributed by atoms with van der Waals surface area (Å²) >= 11 is 0. The Hall–Kier alpha value is -2.24. The first kappa shape index (κ1) is 12.2. The number of amides is 2. The summed E-state index contributed by atoms with van der Waals surface area (Å²) in [5.74, 6) is -1.13. The number of para-hydroxylation sites is 1. The van der Waals surface area contributed by atoms with Gasteiger partial charge in [0.2, 0.25) is 0 Å². The molecule has 0 unspecified atom stereocenters. The van der Waals surface area contributed by atoms with Crippen molar-refractivity contribution in [3.8, 4) is 5.75 Å². The van der Waals surface area contributed by atoms with Gasteiger partial charge in [-0.1, -0.05) is 6.07 Å². The zero-order valence-electron chi connectivity index (χ0n) is 9.64. The smallest absolute Gasteiger partial charge is 0.339 e. The molecule has 18 heavy (non-hydrogen) atoms. The average molecular weight is 250 g/mol. The number of hydrogen-bond acceptors (Lipinski definition) is 3. The van der Waals surface area contributed by atoms with Crippen molar-refractivity contribution in [3.05, 3.63) is 23.8 Å². The summed E-state index contributed by atoms with van der Waals surface area (Å²) in [5.41, 5.74) is -0.154. The fourth-order valence-corrected chi connectivity index (χ4v) is 1.54. The van der Waals surface area contributed by atoms with E-state index in [-0.39, 0.29) is 11.3 Å². The van der Waals surface area contributed by atoms with Crippen LogP contribution in [0.15, 0.2) is 18.2 Å².